The Morgan fingerprint density at radius 2 is 2.05 bits per heavy atom. The number of carbonyl (C=O) groups excluding carboxylic acids is 1. The molecule has 0 aromatic heterocycles. The van der Waals surface area contributed by atoms with Crippen molar-refractivity contribution in [3.05, 3.63) is 35.9 Å². The summed E-state index contributed by atoms with van der Waals surface area (Å²) in [4.78, 5) is 14.4. The summed E-state index contributed by atoms with van der Waals surface area (Å²) >= 11 is 0. The van der Waals surface area contributed by atoms with Gasteiger partial charge in [0.05, 0.1) is 5.60 Å². The molecule has 3 atom stereocenters. The van der Waals surface area contributed by atoms with Gasteiger partial charge in [-0.2, -0.15) is 0 Å². The Balaban J connectivity index is 1.69. The number of nitrogens with two attached hydrogens (primary N) is 1. The molecule has 1 saturated heterocycles. The van der Waals surface area contributed by atoms with Crippen LogP contribution < -0.4 is 5.73 Å². The maximum absolute atomic E-state index is 12.6. The van der Waals surface area contributed by atoms with Crippen molar-refractivity contribution >= 4 is 5.91 Å². The highest BCUT2D eigenvalue weighted by Crippen LogP contribution is 2.40. The normalized spacial score (nSPS) is 30.6. The van der Waals surface area contributed by atoms with Crippen molar-refractivity contribution in [2.75, 3.05) is 13.1 Å². The van der Waals surface area contributed by atoms with Gasteiger partial charge in [0.2, 0.25) is 5.91 Å². The fourth-order valence-electron chi connectivity index (χ4n) is 3.77. The largest absolute Gasteiger partial charge is 0.389 e. The molecule has 4 nitrogen and oxygen atoms in total. The van der Waals surface area contributed by atoms with Crippen LogP contribution in [0.5, 0.6) is 0 Å². The molecule has 114 valence electrons. The predicted molar refractivity (Wildman–Crippen MR) is 81.5 cm³/mol. The Hall–Kier alpha value is -1.39. The number of amides is 1. The van der Waals surface area contributed by atoms with Crippen molar-refractivity contribution in [1.29, 1.82) is 0 Å². The molecule has 0 spiro atoms. The Kier molecular flexibility index (Phi) is 4.00. The Morgan fingerprint density at radius 3 is 2.81 bits per heavy atom. The zero-order valence-corrected chi connectivity index (χ0v) is 12.4. The number of piperidine rings is 1. The number of benzene rings is 1. The minimum Gasteiger partial charge on any atom is -0.389 e. The van der Waals surface area contributed by atoms with Crippen molar-refractivity contribution < 1.29 is 9.90 Å². The lowest BCUT2D eigenvalue weighted by Gasteiger charge is -2.47. The van der Waals surface area contributed by atoms with Crippen LogP contribution in [0.25, 0.3) is 0 Å². The first kappa shape index (κ1) is 14.5. The highest BCUT2D eigenvalue weighted by molar-refractivity contribution is 5.83. The first-order valence-electron chi connectivity index (χ1n) is 7.92. The minimum absolute atomic E-state index is 0.0196. The molecule has 3 rings (SSSR count). The van der Waals surface area contributed by atoms with Gasteiger partial charge in [0.15, 0.2) is 0 Å². The second kappa shape index (κ2) is 5.78. The molecule has 2 unspecified atom stereocenters. The zero-order valence-electron chi connectivity index (χ0n) is 12.4. The molecular formula is C17H24N2O2. The van der Waals surface area contributed by atoms with Gasteiger partial charge < -0.3 is 15.7 Å². The number of nitrogens with zero attached hydrogens (tertiary/aromatic N) is 1. The van der Waals surface area contributed by atoms with Gasteiger partial charge in [-0.1, -0.05) is 43.2 Å². The summed E-state index contributed by atoms with van der Waals surface area (Å²) in [6.07, 6.45) is 4.83. The molecule has 1 amide bonds. The molecule has 21 heavy (non-hydrogen) atoms. The lowest BCUT2D eigenvalue weighted by Crippen LogP contribution is -2.55. The maximum atomic E-state index is 12.6. The van der Waals surface area contributed by atoms with Gasteiger partial charge in [-0.15, -0.1) is 0 Å². The van der Waals surface area contributed by atoms with Crippen molar-refractivity contribution in [1.82, 2.24) is 4.90 Å². The highest BCUT2D eigenvalue weighted by atomic mass is 16.3. The van der Waals surface area contributed by atoms with E-state index in [9.17, 15) is 9.90 Å². The predicted octanol–water partition coefficient (Wildman–Crippen LogP) is 1.84. The van der Waals surface area contributed by atoms with Crippen LogP contribution in [0.15, 0.2) is 30.3 Å². The molecular weight excluding hydrogens is 264 g/mol. The van der Waals surface area contributed by atoms with Gasteiger partial charge in [0, 0.05) is 19.0 Å². The molecule has 1 aromatic carbocycles. The number of hydrogen-bond donors (Lipinski definition) is 2. The zero-order chi connectivity index (χ0) is 14.9. The van der Waals surface area contributed by atoms with Crippen LogP contribution in [0.3, 0.4) is 0 Å². The molecule has 4 heteroatoms. The minimum atomic E-state index is -0.596. The lowest BCUT2D eigenvalue weighted by molar-refractivity contribution is -0.144. The van der Waals surface area contributed by atoms with Gasteiger partial charge in [0.1, 0.15) is 6.04 Å². The average molecular weight is 288 g/mol. The third kappa shape index (κ3) is 2.83. The summed E-state index contributed by atoms with van der Waals surface area (Å²) in [6, 6.07) is 8.91. The topological polar surface area (TPSA) is 66.6 Å². The van der Waals surface area contributed by atoms with Crippen molar-refractivity contribution in [3.63, 3.8) is 0 Å². The van der Waals surface area contributed by atoms with Crippen LogP contribution in [-0.2, 0) is 4.79 Å². The number of carbonyl (C=O) groups is 1. The first-order chi connectivity index (χ1) is 10.1. The van der Waals surface area contributed by atoms with Gasteiger partial charge >= 0.3 is 0 Å². The monoisotopic (exact) mass is 288 g/mol. The quantitative estimate of drug-likeness (QED) is 0.872. The molecule has 2 fully saturated rings. The summed E-state index contributed by atoms with van der Waals surface area (Å²) in [5, 5.41) is 10.7. The van der Waals surface area contributed by atoms with Crippen LogP contribution in [-0.4, -0.2) is 34.6 Å². The van der Waals surface area contributed by atoms with Crippen molar-refractivity contribution in [2.45, 2.75) is 43.7 Å². The van der Waals surface area contributed by atoms with Crippen molar-refractivity contribution in [2.24, 2.45) is 11.7 Å². The van der Waals surface area contributed by atoms with Gasteiger partial charge in [-0.05, 0) is 24.8 Å². The fourth-order valence-corrected chi connectivity index (χ4v) is 3.77. The van der Waals surface area contributed by atoms with E-state index in [1.807, 2.05) is 35.2 Å². The van der Waals surface area contributed by atoms with Crippen LogP contribution in [0, 0.1) is 5.92 Å². The van der Waals surface area contributed by atoms with Gasteiger partial charge in [-0.3, -0.25) is 4.79 Å². The fraction of sp³-hybridized carbons (Fsp3) is 0.588. The van der Waals surface area contributed by atoms with E-state index in [0.717, 1.165) is 31.2 Å². The molecule has 1 aromatic rings. The molecule has 3 N–H and O–H groups in total. The number of fused-ring (bicyclic) bond motifs is 1. The lowest BCUT2D eigenvalue weighted by atomic mass is 9.71. The van der Waals surface area contributed by atoms with Crippen LogP contribution in [0.4, 0.5) is 0 Å². The van der Waals surface area contributed by atoms with Gasteiger partial charge in [0.25, 0.3) is 0 Å². The molecule has 1 heterocycles. The molecule has 0 radical (unpaired) electrons. The van der Waals surface area contributed by atoms with E-state index in [0.29, 0.717) is 19.5 Å². The van der Waals surface area contributed by atoms with E-state index in [1.165, 1.54) is 0 Å². The van der Waals surface area contributed by atoms with Crippen LogP contribution in [0.1, 0.15) is 43.7 Å². The van der Waals surface area contributed by atoms with E-state index >= 15 is 0 Å². The van der Waals surface area contributed by atoms with E-state index in [4.69, 9.17) is 5.73 Å². The van der Waals surface area contributed by atoms with E-state index in [2.05, 4.69) is 0 Å². The van der Waals surface area contributed by atoms with E-state index in [-0.39, 0.29) is 11.8 Å². The molecule has 1 aliphatic heterocycles. The van der Waals surface area contributed by atoms with E-state index < -0.39 is 11.6 Å². The summed E-state index contributed by atoms with van der Waals surface area (Å²) in [6.45, 7) is 1.27. The number of aliphatic hydroxyl groups is 1. The Labute approximate surface area is 125 Å². The summed E-state index contributed by atoms with van der Waals surface area (Å²) < 4.78 is 0. The summed E-state index contributed by atoms with van der Waals surface area (Å²) in [5.41, 5.74) is 6.42. The second-order valence-electron chi connectivity index (χ2n) is 6.47. The first-order valence-corrected chi connectivity index (χ1v) is 7.92. The average Bonchev–Trinajstić information content (AvgIpc) is 2.53. The Bertz CT molecular complexity index is 505. The molecule has 2 aliphatic rings. The molecule has 1 aliphatic carbocycles. The SMILES string of the molecule is N[C@@H](C(=O)N1CCC2(O)CCCCC2C1)c1ccccc1. The summed E-state index contributed by atoms with van der Waals surface area (Å²) in [7, 11) is 0. The van der Waals surface area contributed by atoms with Crippen molar-refractivity contribution in [3.8, 4) is 0 Å². The smallest absolute Gasteiger partial charge is 0.244 e. The number of likely N-dealkylation sites (tertiary alicyclic amines) is 1. The van der Waals surface area contributed by atoms with Crippen LogP contribution >= 0.6 is 0 Å². The third-order valence-electron chi connectivity index (χ3n) is 5.16. The van der Waals surface area contributed by atoms with E-state index in [1.54, 1.807) is 0 Å². The number of rotatable bonds is 2. The van der Waals surface area contributed by atoms with Gasteiger partial charge in [-0.25, -0.2) is 0 Å². The molecule has 0 bridgehead atoms. The van der Waals surface area contributed by atoms with Crippen LogP contribution in [0.2, 0.25) is 0 Å². The molecule has 1 saturated carbocycles. The maximum Gasteiger partial charge on any atom is 0.244 e. The third-order valence-corrected chi connectivity index (χ3v) is 5.16. The highest BCUT2D eigenvalue weighted by Gasteiger charge is 2.44. The summed E-state index contributed by atoms with van der Waals surface area (Å²) in [5.74, 6) is 0.195. The number of hydrogen-bond acceptors (Lipinski definition) is 3. The Morgan fingerprint density at radius 1 is 1.29 bits per heavy atom. The standard InChI is InChI=1S/C17H24N2O2/c18-15(13-6-2-1-3-7-13)16(20)19-11-10-17(21)9-5-4-8-14(17)12-19/h1-3,6-7,14-15,21H,4-5,8-12,18H2/t14?,15-,17?/m1/s1. The second-order valence-corrected chi connectivity index (χ2v) is 6.47.